The zero-order chi connectivity index (χ0) is 17.2. The van der Waals surface area contributed by atoms with E-state index in [1.165, 1.54) is 19.5 Å². The van der Waals surface area contributed by atoms with E-state index in [1.807, 2.05) is 0 Å². The third kappa shape index (κ3) is 3.09. The van der Waals surface area contributed by atoms with Gasteiger partial charge in [0.05, 0.1) is 38.9 Å². The second kappa shape index (κ2) is 6.58. The number of aryl methyl sites for hydroxylation is 1. The number of fused-ring (bicyclic) bond motifs is 1. The molecule has 1 atom stereocenters. The lowest BCUT2D eigenvalue weighted by Crippen LogP contribution is -2.31. The fraction of sp³-hybridized carbons (Fsp3) is 0.500. The van der Waals surface area contributed by atoms with Gasteiger partial charge in [0.25, 0.3) is 5.91 Å². The summed E-state index contributed by atoms with van der Waals surface area (Å²) >= 11 is 0. The van der Waals surface area contributed by atoms with Gasteiger partial charge in [0.2, 0.25) is 17.6 Å². The third-order valence-corrected chi connectivity index (χ3v) is 4.29. The van der Waals surface area contributed by atoms with Crippen molar-refractivity contribution < 1.29 is 19.0 Å². The molecule has 1 amide bonds. The molecule has 0 saturated carbocycles. The van der Waals surface area contributed by atoms with Gasteiger partial charge in [-0.2, -0.15) is 10.1 Å². The van der Waals surface area contributed by atoms with Gasteiger partial charge in [-0.25, -0.2) is 4.68 Å². The normalized spacial score (nSPS) is 19.2. The number of nitrogens with zero attached hydrogens (tertiary/aromatic N) is 5. The van der Waals surface area contributed by atoms with E-state index in [1.54, 1.807) is 15.8 Å². The van der Waals surface area contributed by atoms with E-state index in [9.17, 15) is 4.79 Å². The zero-order valence-corrected chi connectivity index (χ0v) is 13.9. The van der Waals surface area contributed by atoms with Crippen LogP contribution >= 0.6 is 0 Å². The fourth-order valence-corrected chi connectivity index (χ4v) is 3.05. The molecule has 0 spiro atoms. The van der Waals surface area contributed by atoms with Crippen LogP contribution in [-0.4, -0.2) is 63.5 Å². The van der Waals surface area contributed by atoms with E-state index in [4.69, 9.17) is 14.2 Å². The minimum Gasteiger partial charge on any atom is -0.480 e. The number of likely N-dealkylation sites (tertiary alicyclic amines) is 1. The van der Waals surface area contributed by atoms with E-state index >= 15 is 0 Å². The van der Waals surface area contributed by atoms with E-state index in [2.05, 4.69) is 15.1 Å². The van der Waals surface area contributed by atoms with Crippen molar-refractivity contribution in [2.24, 2.45) is 0 Å². The van der Waals surface area contributed by atoms with Gasteiger partial charge in [-0.05, 0) is 0 Å². The molecule has 2 aliphatic heterocycles. The first-order valence-corrected chi connectivity index (χ1v) is 8.25. The van der Waals surface area contributed by atoms with Crippen LogP contribution in [0.25, 0.3) is 0 Å². The first-order chi connectivity index (χ1) is 12.2. The monoisotopic (exact) mass is 345 g/mol. The zero-order valence-electron chi connectivity index (χ0n) is 13.9. The molecule has 2 aromatic rings. The number of carbonyl (C=O) groups is 1. The van der Waals surface area contributed by atoms with Gasteiger partial charge < -0.3 is 19.1 Å². The van der Waals surface area contributed by atoms with Gasteiger partial charge >= 0.3 is 0 Å². The van der Waals surface area contributed by atoms with Gasteiger partial charge in [0, 0.05) is 25.9 Å². The van der Waals surface area contributed by atoms with Crippen LogP contribution in [0, 0.1) is 0 Å². The maximum absolute atomic E-state index is 12.8. The Morgan fingerprint density at radius 3 is 3.04 bits per heavy atom. The van der Waals surface area contributed by atoms with Crippen molar-refractivity contribution in [1.82, 2.24) is 24.6 Å². The van der Waals surface area contributed by atoms with Gasteiger partial charge in [-0.3, -0.25) is 9.78 Å². The lowest BCUT2D eigenvalue weighted by molar-refractivity contribution is 0.0764. The lowest BCUT2D eigenvalue weighted by Gasteiger charge is -2.19. The van der Waals surface area contributed by atoms with E-state index in [0.717, 1.165) is 19.4 Å². The molecule has 132 valence electrons. The van der Waals surface area contributed by atoms with Crippen LogP contribution in [0.2, 0.25) is 0 Å². The standard InChI is InChI=1S/C16H19N5O4/c1-23-13-8-17-9-14(19-13)25-11-3-5-20(10-11)15(22)12-7-18-21-4-2-6-24-16(12)21/h7-9,11H,2-6,10H2,1H3. The van der Waals surface area contributed by atoms with Crippen molar-refractivity contribution in [2.45, 2.75) is 25.5 Å². The smallest absolute Gasteiger partial charge is 0.261 e. The molecule has 0 aliphatic carbocycles. The Labute approximate surface area is 144 Å². The molecule has 0 aromatic carbocycles. The maximum Gasteiger partial charge on any atom is 0.261 e. The SMILES string of the molecule is COc1cncc(OC2CCN(C(=O)c3cnn4c3OCCC4)C2)n1. The van der Waals surface area contributed by atoms with Crippen molar-refractivity contribution in [1.29, 1.82) is 0 Å². The van der Waals surface area contributed by atoms with Crippen LogP contribution in [0.4, 0.5) is 0 Å². The molecule has 9 nitrogen and oxygen atoms in total. The average molecular weight is 345 g/mol. The quantitative estimate of drug-likeness (QED) is 0.808. The van der Waals surface area contributed by atoms with E-state index in [0.29, 0.717) is 42.9 Å². The number of methoxy groups -OCH3 is 1. The van der Waals surface area contributed by atoms with Crippen LogP contribution < -0.4 is 14.2 Å². The summed E-state index contributed by atoms with van der Waals surface area (Å²) in [6, 6.07) is 0. The minimum atomic E-state index is -0.127. The van der Waals surface area contributed by atoms with Gasteiger partial charge in [-0.15, -0.1) is 0 Å². The highest BCUT2D eigenvalue weighted by Gasteiger charge is 2.32. The van der Waals surface area contributed by atoms with Crippen molar-refractivity contribution in [3.05, 3.63) is 24.2 Å². The van der Waals surface area contributed by atoms with Crippen molar-refractivity contribution in [2.75, 3.05) is 26.8 Å². The molecule has 0 N–H and O–H groups in total. The Morgan fingerprint density at radius 2 is 2.16 bits per heavy atom. The van der Waals surface area contributed by atoms with Crippen LogP contribution in [0.3, 0.4) is 0 Å². The van der Waals surface area contributed by atoms with E-state index < -0.39 is 0 Å². The van der Waals surface area contributed by atoms with Crippen LogP contribution in [0.5, 0.6) is 17.6 Å². The fourth-order valence-electron chi connectivity index (χ4n) is 3.05. The Balaban J connectivity index is 1.42. The third-order valence-electron chi connectivity index (χ3n) is 4.29. The molecule has 4 heterocycles. The van der Waals surface area contributed by atoms with Crippen molar-refractivity contribution in [3.8, 4) is 17.6 Å². The number of ether oxygens (including phenoxy) is 3. The van der Waals surface area contributed by atoms with Gasteiger partial charge in [0.1, 0.15) is 11.7 Å². The average Bonchev–Trinajstić information content (AvgIpc) is 3.28. The molecule has 1 unspecified atom stereocenters. The molecule has 1 saturated heterocycles. The summed E-state index contributed by atoms with van der Waals surface area (Å²) in [4.78, 5) is 22.7. The minimum absolute atomic E-state index is 0.0778. The van der Waals surface area contributed by atoms with Crippen LogP contribution in [0.1, 0.15) is 23.2 Å². The first kappa shape index (κ1) is 15.7. The molecular weight excluding hydrogens is 326 g/mol. The maximum atomic E-state index is 12.8. The summed E-state index contributed by atoms with van der Waals surface area (Å²) in [7, 11) is 1.53. The Morgan fingerprint density at radius 1 is 1.28 bits per heavy atom. The number of hydrogen-bond donors (Lipinski definition) is 0. The first-order valence-electron chi connectivity index (χ1n) is 8.25. The summed E-state index contributed by atoms with van der Waals surface area (Å²) in [5.41, 5.74) is 0.515. The van der Waals surface area contributed by atoms with Crippen molar-refractivity contribution in [3.63, 3.8) is 0 Å². The molecule has 0 bridgehead atoms. The molecular formula is C16H19N5O4. The molecule has 4 rings (SSSR count). The van der Waals surface area contributed by atoms with Crippen molar-refractivity contribution >= 4 is 5.91 Å². The second-order valence-corrected chi connectivity index (χ2v) is 5.97. The molecule has 1 fully saturated rings. The molecule has 2 aliphatic rings. The Kier molecular flexibility index (Phi) is 4.12. The molecule has 0 radical (unpaired) electrons. The number of carbonyl (C=O) groups excluding carboxylic acids is 1. The Hall–Kier alpha value is -2.84. The number of aromatic nitrogens is 4. The van der Waals surface area contributed by atoms with Gasteiger partial charge in [-0.1, -0.05) is 0 Å². The highest BCUT2D eigenvalue weighted by atomic mass is 16.5. The predicted octanol–water partition coefficient (Wildman–Crippen LogP) is 0.758. The lowest BCUT2D eigenvalue weighted by atomic mass is 10.3. The summed E-state index contributed by atoms with van der Waals surface area (Å²) in [6.45, 7) is 2.50. The summed E-state index contributed by atoms with van der Waals surface area (Å²) in [5, 5.41) is 4.24. The van der Waals surface area contributed by atoms with Crippen LogP contribution in [0.15, 0.2) is 18.6 Å². The highest BCUT2D eigenvalue weighted by Crippen LogP contribution is 2.26. The highest BCUT2D eigenvalue weighted by molar-refractivity contribution is 5.96. The molecule has 25 heavy (non-hydrogen) atoms. The topological polar surface area (TPSA) is 91.6 Å². The number of hydrogen-bond acceptors (Lipinski definition) is 7. The van der Waals surface area contributed by atoms with Gasteiger partial charge in [0.15, 0.2) is 0 Å². The number of rotatable bonds is 4. The van der Waals surface area contributed by atoms with E-state index in [-0.39, 0.29) is 12.0 Å². The summed E-state index contributed by atoms with van der Waals surface area (Å²) < 4.78 is 18.2. The van der Waals surface area contributed by atoms with Crippen LogP contribution in [-0.2, 0) is 6.54 Å². The predicted molar refractivity (Wildman–Crippen MR) is 85.9 cm³/mol. The summed E-state index contributed by atoms with van der Waals surface area (Å²) in [6.07, 6.45) is 6.15. The second-order valence-electron chi connectivity index (χ2n) is 5.97. The number of amides is 1. The largest absolute Gasteiger partial charge is 0.480 e. The Bertz CT molecular complexity index is 778. The summed E-state index contributed by atoms with van der Waals surface area (Å²) in [5.74, 6) is 1.28. The molecule has 9 heteroatoms. The molecule has 2 aromatic heterocycles.